The van der Waals surface area contributed by atoms with E-state index < -0.39 is 0 Å². The molecule has 0 aliphatic rings. The molecule has 0 bridgehead atoms. The predicted molar refractivity (Wildman–Crippen MR) is 134 cm³/mol. The first-order valence-corrected chi connectivity index (χ1v) is 11.8. The number of benzene rings is 2. The third kappa shape index (κ3) is 5.50. The highest BCUT2D eigenvalue weighted by Gasteiger charge is 2.24. The Labute approximate surface area is 198 Å². The van der Waals surface area contributed by atoms with Crippen LogP contribution in [0.2, 0.25) is 5.02 Å². The number of rotatable bonds is 8. The van der Waals surface area contributed by atoms with Crippen molar-refractivity contribution in [3.05, 3.63) is 81.0 Å². The summed E-state index contributed by atoms with van der Waals surface area (Å²) in [4.78, 5) is 30.5. The van der Waals surface area contributed by atoms with Crippen LogP contribution in [0.5, 0.6) is 0 Å². The molecule has 1 atom stereocenters. The SMILES string of the molecule is CC[C@H](C)N(Cc1cc(NC(=O)c2cccs2)ccc1N(C)C)C(=O)c1ccccc1Cl. The van der Waals surface area contributed by atoms with Crippen molar-refractivity contribution in [1.82, 2.24) is 4.90 Å². The Kier molecular flexibility index (Phi) is 7.94. The normalized spacial score (nSPS) is 11.7. The van der Waals surface area contributed by atoms with Gasteiger partial charge in [0.1, 0.15) is 0 Å². The van der Waals surface area contributed by atoms with E-state index in [2.05, 4.69) is 12.2 Å². The summed E-state index contributed by atoms with van der Waals surface area (Å²) in [5.41, 5.74) is 3.11. The summed E-state index contributed by atoms with van der Waals surface area (Å²) in [5, 5.41) is 5.28. The zero-order valence-electron chi connectivity index (χ0n) is 18.8. The van der Waals surface area contributed by atoms with Gasteiger partial charge in [0.15, 0.2) is 0 Å². The minimum Gasteiger partial charge on any atom is -0.377 e. The van der Waals surface area contributed by atoms with Crippen LogP contribution in [0.25, 0.3) is 0 Å². The summed E-state index contributed by atoms with van der Waals surface area (Å²) >= 11 is 7.72. The van der Waals surface area contributed by atoms with Gasteiger partial charge in [-0.1, -0.05) is 36.7 Å². The summed E-state index contributed by atoms with van der Waals surface area (Å²) in [6.07, 6.45) is 0.808. The molecule has 3 aromatic rings. The number of carbonyl (C=O) groups excluding carboxylic acids is 2. The summed E-state index contributed by atoms with van der Waals surface area (Å²) in [7, 11) is 3.93. The largest absolute Gasteiger partial charge is 0.377 e. The summed E-state index contributed by atoms with van der Waals surface area (Å²) in [6, 6.07) is 16.6. The van der Waals surface area contributed by atoms with E-state index in [1.807, 2.05) is 72.6 Å². The van der Waals surface area contributed by atoms with Gasteiger partial charge in [0.25, 0.3) is 11.8 Å². The van der Waals surface area contributed by atoms with Crippen molar-refractivity contribution in [2.45, 2.75) is 32.9 Å². The molecule has 3 rings (SSSR count). The van der Waals surface area contributed by atoms with Gasteiger partial charge in [0.05, 0.1) is 15.5 Å². The maximum absolute atomic E-state index is 13.4. The topological polar surface area (TPSA) is 52.7 Å². The van der Waals surface area contributed by atoms with Crippen LogP contribution in [0.4, 0.5) is 11.4 Å². The number of thiophene rings is 1. The lowest BCUT2D eigenvalue weighted by Gasteiger charge is -2.31. The molecular formula is C25H28ClN3O2S. The zero-order valence-corrected chi connectivity index (χ0v) is 20.3. The fraction of sp³-hybridized carbons (Fsp3) is 0.280. The molecule has 5 nitrogen and oxygen atoms in total. The molecule has 0 fully saturated rings. The predicted octanol–water partition coefficient (Wildman–Crippen LogP) is 6.16. The maximum Gasteiger partial charge on any atom is 0.265 e. The first-order valence-electron chi connectivity index (χ1n) is 10.5. The van der Waals surface area contributed by atoms with Crippen molar-refractivity contribution in [2.24, 2.45) is 0 Å². The third-order valence-electron chi connectivity index (χ3n) is 5.39. The van der Waals surface area contributed by atoms with Crippen LogP contribution >= 0.6 is 22.9 Å². The van der Waals surface area contributed by atoms with Gasteiger partial charge in [-0.15, -0.1) is 11.3 Å². The molecule has 0 aliphatic heterocycles. The van der Waals surface area contributed by atoms with Crippen molar-refractivity contribution in [2.75, 3.05) is 24.3 Å². The summed E-state index contributed by atoms with van der Waals surface area (Å²) in [6.45, 7) is 4.49. The number of nitrogens with zero attached hydrogens (tertiary/aromatic N) is 2. The second kappa shape index (κ2) is 10.7. The number of hydrogen-bond donors (Lipinski definition) is 1. The van der Waals surface area contributed by atoms with Crippen LogP contribution in [-0.4, -0.2) is 36.9 Å². The zero-order chi connectivity index (χ0) is 23.3. The van der Waals surface area contributed by atoms with Crippen LogP contribution in [-0.2, 0) is 6.54 Å². The average molecular weight is 470 g/mol. The molecule has 2 aromatic carbocycles. The molecule has 2 amide bonds. The van der Waals surface area contributed by atoms with Crippen molar-refractivity contribution in [3.8, 4) is 0 Å². The summed E-state index contributed by atoms with van der Waals surface area (Å²) < 4.78 is 0. The Morgan fingerprint density at radius 2 is 1.84 bits per heavy atom. The molecule has 1 N–H and O–H groups in total. The lowest BCUT2D eigenvalue weighted by atomic mass is 10.1. The molecule has 0 saturated heterocycles. The van der Waals surface area contributed by atoms with E-state index in [1.54, 1.807) is 18.2 Å². The molecule has 1 aromatic heterocycles. The van der Waals surface area contributed by atoms with Crippen molar-refractivity contribution in [1.29, 1.82) is 0 Å². The van der Waals surface area contributed by atoms with E-state index in [0.29, 0.717) is 27.7 Å². The van der Waals surface area contributed by atoms with Crippen molar-refractivity contribution >= 4 is 46.1 Å². The van der Waals surface area contributed by atoms with E-state index in [9.17, 15) is 9.59 Å². The van der Waals surface area contributed by atoms with Gasteiger partial charge in [-0.2, -0.15) is 0 Å². The van der Waals surface area contributed by atoms with Gasteiger partial charge in [-0.25, -0.2) is 0 Å². The standard InChI is InChI=1S/C25H28ClN3O2S/c1-5-17(2)29(25(31)20-9-6-7-10-21(20)26)16-18-15-19(12-13-22(18)28(3)4)27-24(30)23-11-8-14-32-23/h6-15,17H,5,16H2,1-4H3,(H,27,30)/t17-/m0/s1. The molecule has 0 saturated carbocycles. The van der Waals surface area contributed by atoms with E-state index in [4.69, 9.17) is 11.6 Å². The fourth-order valence-electron chi connectivity index (χ4n) is 3.45. The Morgan fingerprint density at radius 1 is 1.09 bits per heavy atom. The number of anilines is 2. The van der Waals surface area contributed by atoms with E-state index in [-0.39, 0.29) is 17.9 Å². The minimum atomic E-state index is -0.144. The quantitative estimate of drug-likeness (QED) is 0.429. The Morgan fingerprint density at radius 3 is 2.47 bits per heavy atom. The minimum absolute atomic E-state index is 0.0122. The first kappa shape index (κ1) is 23.8. The smallest absolute Gasteiger partial charge is 0.265 e. The molecule has 1 heterocycles. The lowest BCUT2D eigenvalue weighted by molar-refractivity contribution is 0.0672. The second-order valence-electron chi connectivity index (χ2n) is 7.84. The Balaban J connectivity index is 1.94. The van der Waals surface area contributed by atoms with Crippen molar-refractivity contribution < 1.29 is 9.59 Å². The number of carbonyl (C=O) groups is 2. The van der Waals surface area contributed by atoms with E-state index in [0.717, 1.165) is 17.7 Å². The van der Waals surface area contributed by atoms with Crippen LogP contribution in [0.3, 0.4) is 0 Å². The lowest BCUT2D eigenvalue weighted by Crippen LogP contribution is -2.38. The molecule has 32 heavy (non-hydrogen) atoms. The van der Waals surface area contributed by atoms with Gasteiger partial charge in [0.2, 0.25) is 0 Å². The number of halogens is 1. The number of amides is 2. The van der Waals surface area contributed by atoms with E-state index >= 15 is 0 Å². The van der Waals surface area contributed by atoms with Gasteiger partial charge in [0, 0.05) is 38.1 Å². The molecule has 168 valence electrons. The van der Waals surface area contributed by atoms with Crippen LogP contribution in [0.15, 0.2) is 60.0 Å². The Hall–Kier alpha value is -2.83. The molecule has 0 radical (unpaired) electrons. The van der Waals surface area contributed by atoms with Gasteiger partial charge in [-0.3, -0.25) is 9.59 Å². The fourth-order valence-corrected chi connectivity index (χ4v) is 4.28. The maximum atomic E-state index is 13.4. The highest BCUT2D eigenvalue weighted by atomic mass is 35.5. The molecule has 0 aliphatic carbocycles. The van der Waals surface area contributed by atoms with Crippen molar-refractivity contribution in [3.63, 3.8) is 0 Å². The Bertz CT molecular complexity index is 1080. The third-order valence-corrected chi connectivity index (χ3v) is 6.59. The molecular weight excluding hydrogens is 442 g/mol. The number of hydrogen-bond acceptors (Lipinski definition) is 4. The van der Waals surface area contributed by atoms with Gasteiger partial charge in [-0.05, 0) is 60.7 Å². The highest BCUT2D eigenvalue weighted by Crippen LogP contribution is 2.28. The first-order chi connectivity index (χ1) is 15.3. The van der Waals surface area contributed by atoms with E-state index in [1.165, 1.54) is 11.3 Å². The van der Waals surface area contributed by atoms with Crippen LogP contribution in [0.1, 0.15) is 45.9 Å². The highest BCUT2D eigenvalue weighted by molar-refractivity contribution is 7.12. The number of nitrogens with one attached hydrogen (secondary N) is 1. The average Bonchev–Trinajstić information content (AvgIpc) is 3.32. The van der Waals surface area contributed by atoms with Crippen LogP contribution in [0, 0.1) is 0 Å². The van der Waals surface area contributed by atoms with Crippen LogP contribution < -0.4 is 10.2 Å². The monoisotopic (exact) mass is 469 g/mol. The molecule has 0 unspecified atom stereocenters. The second-order valence-corrected chi connectivity index (χ2v) is 9.19. The van der Waals surface area contributed by atoms with Gasteiger partial charge >= 0.3 is 0 Å². The molecule has 0 spiro atoms. The summed E-state index contributed by atoms with van der Waals surface area (Å²) in [5.74, 6) is -0.253. The molecule has 7 heteroatoms. The van der Waals surface area contributed by atoms with Gasteiger partial charge < -0.3 is 15.1 Å².